The molecule has 0 saturated carbocycles. The number of fused-ring (bicyclic) bond motifs is 3. The Labute approximate surface area is 160 Å². The van der Waals surface area contributed by atoms with E-state index in [0.29, 0.717) is 5.95 Å². The zero-order valence-corrected chi connectivity index (χ0v) is 15.6. The zero-order valence-electron chi connectivity index (χ0n) is 13.9. The molecule has 1 aromatic carbocycles. The quantitative estimate of drug-likeness (QED) is 0.776. The Morgan fingerprint density at radius 1 is 1.08 bits per heavy atom. The van der Waals surface area contributed by atoms with Crippen molar-refractivity contribution in [3.63, 3.8) is 0 Å². The molecule has 1 atom stereocenters. The van der Waals surface area contributed by atoms with E-state index < -0.39 is 0 Å². The number of nitrogens with zero attached hydrogens (tertiary/aromatic N) is 3. The fourth-order valence-corrected chi connectivity index (χ4v) is 3.61. The van der Waals surface area contributed by atoms with E-state index in [9.17, 15) is 0 Å². The first kappa shape index (κ1) is 21.4. The summed E-state index contributed by atoms with van der Waals surface area (Å²) in [7, 11) is 0. The third kappa shape index (κ3) is 3.98. The van der Waals surface area contributed by atoms with Crippen molar-refractivity contribution in [1.82, 2.24) is 9.97 Å². The minimum atomic E-state index is 0. The van der Waals surface area contributed by atoms with E-state index in [1.165, 1.54) is 16.7 Å². The molecule has 6 nitrogen and oxygen atoms in total. The zero-order chi connectivity index (χ0) is 15.1. The predicted molar refractivity (Wildman–Crippen MR) is 107 cm³/mol. The Morgan fingerprint density at radius 2 is 1.84 bits per heavy atom. The molecule has 6 N–H and O–H groups in total. The SMILES string of the molecule is Cl.Cl.Nc1nc2c(c(N3CC[C@@H](N)C3)n1)CCCc1ccccc1-2.O. The highest BCUT2D eigenvalue weighted by Crippen LogP contribution is 2.36. The predicted octanol–water partition coefficient (Wildman–Crippen LogP) is 1.77. The topological polar surface area (TPSA) is 113 Å². The van der Waals surface area contributed by atoms with Gasteiger partial charge in [-0.15, -0.1) is 24.8 Å². The molecule has 1 aromatic heterocycles. The van der Waals surface area contributed by atoms with Gasteiger partial charge in [0, 0.05) is 30.3 Å². The van der Waals surface area contributed by atoms with Gasteiger partial charge in [0.05, 0.1) is 5.69 Å². The van der Waals surface area contributed by atoms with Crippen molar-refractivity contribution in [3.05, 3.63) is 35.4 Å². The van der Waals surface area contributed by atoms with Gasteiger partial charge >= 0.3 is 0 Å². The Balaban J connectivity index is 0.00000104. The van der Waals surface area contributed by atoms with Crippen LogP contribution in [0.4, 0.5) is 11.8 Å². The molecule has 2 heterocycles. The van der Waals surface area contributed by atoms with Crippen LogP contribution in [0.3, 0.4) is 0 Å². The third-order valence-electron chi connectivity index (χ3n) is 4.67. The highest BCUT2D eigenvalue weighted by molar-refractivity contribution is 5.85. The van der Waals surface area contributed by atoms with Gasteiger partial charge in [-0.3, -0.25) is 0 Å². The standard InChI is InChI=1S/C17H21N5.2ClH.H2O/c18-12-8-9-22(10-12)16-14-7-3-5-11-4-1-2-6-13(11)15(14)20-17(19)21-16;;;/h1-2,4,6,12H,3,5,7-10,18H2,(H2,19,20,21);2*1H;1H2/t12-;;;/m1.../s1. The molecule has 0 unspecified atom stereocenters. The number of aryl methyl sites for hydroxylation is 1. The lowest BCUT2D eigenvalue weighted by atomic mass is 10.0. The first-order valence-corrected chi connectivity index (χ1v) is 7.97. The first-order chi connectivity index (χ1) is 10.7. The molecule has 4 rings (SSSR count). The van der Waals surface area contributed by atoms with Crippen molar-refractivity contribution in [2.24, 2.45) is 5.73 Å². The second-order valence-corrected chi connectivity index (χ2v) is 6.24. The summed E-state index contributed by atoms with van der Waals surface area (Å²) in [5, 5.41) is 0. The van der Waals surface area contributed by atoms with Crippen LogP contribution in [-0.4, -0.2) is 34.6 Å². The Hall–Kier alpha value is -1.60. The minimum absolute atomic E-state index is 0. The lowest BCUT2D eigenvalue weighted by Gasteiger charge is -2.22. The van der Waals surface area contributed by atoms with Crippen LogP contribution in [0.1, 0.15) is 24.0 Å². The monoisotopic (exact) mass is 385 g/mol. The van der Waals surface area contributed by atoms with Crippen LogP contribution in [-0.2, 0) is 12.8 Å². The van der Waals surface area contributed by atoms with Crippen LogP contribution in [0, 0.1) is 0 Å². The number of benzene rings is 1. The maximum absolute atomic E-state index is 6.07. The summed E-state index contributed by atoms with van der Waals surface area (Å²) >= 11 is 0. The van der Waals surface area contributed by atoms with Gasteiger partial charge in [-0.05, 0) is 31.2 Å². The summed E-state index contributed by atoms with van der Waals surface area (Å²) in [4.78, 5) is 11.4. The van der Waals surface area contributed by atoms with Crippen LogP contribution >= 0.6 is 24.8 Å². The summed E-state index contributed by atoms with van der Waals surface area (Å²) in [6.45, 7) is 1.80. The fourth-order valence-electron chi connectivity index (χ4n) is 3.61. The first-order valence-electron chi connectivity index (χ1n) is 7.97. The maximum Gasteiger partial charge on any atom is 0.222 e. The number of nitrogen functional groups attached to an aromatic ring is 1. The van der Waals surface area contributed by atoms with E-state index in [2.05, 4.69) is 39.1 Å². The molecule has 25 heavy (non-hydrogen) atoms. The van der Waals surface area contributed by atoms with E-state index >= 15 is 0 Å². The molecule has 1 fully saturated rings. The molecular formula is C17H25Cl2N5O. The summed E-state index contributed by atoms with van der Waals surface area (Å²) < 4.78 is 0. The van der Waals surface area contributed by atoms with Crippen LogP contribution in [0.5, 0.6) is 0 Å². The van der Waals surface area contributed by atoms with Crippen LogP contribution in [0.25, 0.3) is 11.3 Å². The van der Waals surface area contributed by atoms with E-state index in [1.807, 2.05) is 0 Å². The van der Waals surface area contributed by atoms with Gasteiger partial charge in [0.1, 0.15) is 5.82 Å². The van der Waals surface area contributed by atoms with Gasteiger partial charge in [0.2, 0.25) is 5.95 Å². The van der Waals surface area contributed by atoms with Crippen molar-refractivity contribution in [1.29, 1.82) is 0 Å². The maximum atomic E-state index is 6.07. The molecule has 0 spiro atoms. The number of halogens is 2. The highest BCUT2D eigenvalue weighted by atomic mass is 35.5. The molecule has 8 heteroatoms. The number of hydrogen-bond acceptors (Lipinski definition) is 5. The Kier molecular flexibility index (Phi) is 7.44. The third-order valence-corrected chi connectivity index (χ3v) is 4.67. The van der Waals surface area contributed by atoms with Gasteiger partial charge in [-0.2, -0.15) is 4.98 Å². The largest absolute Gasteiger partial charge is 0.412 e. The summed E-state index contributed by atoms with van der Waals surface area (Å²) in [5.74, 6) is 1.35. The summed E-state index contributed by atoms with van der Waals surface area (Å²) in [5.41, 5.74) is 16.9. The van der Waals surface area contributed by atoms with Gasteiger partial charge in [-0.1, -0.05) is 24.3 Å². The number of anilines is 2. The van der Waals surface area contributed by atoms with E-state index in [-0.39, 0.29) is 36.3 Å². The number of rotatable bonds is 1. The van der Waals surface area contributed by atoms with E-state index in [1.54, 1.807) is 0 Å². The van der Waals surface area contributed by atoms with Crippen LogP contribution < -0.4 is 16.4 Å². The van der Waals surface area contributed by atoms with E-state index in [4.69, 9.17) is 11.5 Å². The summed E-state index contributed by atoms with van der Waals surface area (Å²) in [6.07, 6.45) is 4.19. The molecule has 2 aliphatic rings. The molecule has 0 amide bonds. The number of aromatic nitrogens is 2. The second kappa shape index (κ2) is 8.67. The molecule has 1 aliphatic carbocycles. The lowest BCUT2D eigenvalue weighted by molar-refractivity contribution is 0.750. The highest BCUT2D eigenvalue weighted by Gasteiger charge is 2.27. The molecular weight excluding hydrogens is 361 g/mol. The van der Waals surface area contributed by atoms with Crippen molar-refractivity contribution >= 4 is 36.6 Å². The van der Waals surface area contributed by atoms with Gasteiger partial charge in [0.25, 0.3) is 0 Å². The Bertz CT molecular complexity index is 728. The van der Waals surface area contributed by atoms with Gasteiger partial charge in [0.15, 0.2) is 0 Å². The molecule has 0 radical (unpaired) electrons. The van der Waals surface area contributed by atoms with Crippen molar-refractivity contribution in [2.75, 3.05) is 23.7 Å². The second-order valence-electron chi connectivity index (χ2n) is 6.24. The van der Waals surface area contributed by atoms with Crippen molar-refractivity contribution in [2.45, 2.75) is 31.7 Å². The fraction of sp³-hybridized carbons (Fsp3) is 0.412. The van der Waals surface area contributed by atoms with Gasteiger partial charge in [-0.25, -0.2) is 4.98 Å². The Morgan fingerprint density at radius 3 is 2.56 bits per heavy atom. The number of hydrogen-bond donors (Lipinski definition) is 2. The van der Waals surface area contributed by atoms with Crippen LogP contribution in [0.15, 0.2) is 24.3 Å². The minimum Gasteiger partial charge on any atom is -0.412 e. The molecule has 1 saturated heterocycles. The molecule has 0 bridgehead atoms. The van der Waals surface area contributed by atoms with Gasteiger partial charge < -0.3 is 21.8 Å². The molecule has 138 valence electrons. The summed E-state index contributed by atoms with van der Waals surface area (Å²) in [6, 6.07) is 8.72. The molecule has 1 aliphatic heterocycles. The van der Waals surface area contributed by atoms with Crippen LogP contribution in [0.2, 0.25) is 0 Å². The average molecular weight is 386 g/mol. The smallest absolute Gasteiger partial charge is 0.222 e. The van der Waals surface area contributed by atoms with Crippen molar-refractivity contribution in [3.8, 4) is 11.3 Å². The average Bonchev–Trinajstić information content (AvgIpc) is 2.86. The lowest BCUT2D eigenvalue weighted by Crippen LogP contribution is -2.28. The van der Waals surface area contributed by atoms with E-state index in [0.717, 1.165) is 50.3 Å². The normalized spacial score (nSPS) is 18.0. The number of nitrogens with two attached hydrogens (primary N) is 2. The molecule has 2 aromatic rings. The van der Waals surface area contributed by atoms with Crippen molar-refractivity contribution < 1.29 is 5.48 Å².